The van der Waals surface area contributed by atoms with E-state index in [9.17, 15) is 9.18 Å². The lowest BCUT2D eigenvalue weighted by Crippen LogP contribution is -2.10. The highest BCUT2D eigenvalue weighted by atomic mass is 35.5. The van der Waals surface area contributed by atoms with Gasteiger partial charge in [-0.3, -0.25) is 0 Å². The van der Waals surface area contributed by atoms with Crippen molar-refractivity contribution >= 4 is 40.0 Å². The molecular formula is C25H21ClFN3O5. The predicted molar refractivity (Wildman–Crippen MR) is 130 cm³/mol. The van der Waals surface area contributed by atoms with Crippen molar-refractivity contribution in [3.63, 3.8) is 0 Å². The molecule has 0 aliphatic rings. The van der Waals surface area contributed by atoms with Crippen LogP contribution in [0.5, 0.6) is 17.2 Å². The quantitative estimate of drug-likeness (QED) is 0.242. The number of rotatable bonds is 9. The van der Waals surface area contributed by atoms with Gasteiger partial charge in [0.1, 0.15) is 36.9 Å². The maximum absolute atomic E-state index is 13.5. The first-order valence-corrected chi connectivity index (χ1v) is 10.8. The van der Waals surface area contributed by atoms with Crippen molar-refractivity contribution in [2.75, 3.05) is 32.8 Å². The lowest BCUT2D eigenvalue weighted by Gasteiger charge is -2.14. The Hall–Kier alpha value is -4.11. The minimum Gasteiger partial charge on any atom is -0.493 e. The van der Waals surface area contributed by atoms with Gasteiger partial charge in [0.25, 0.3) is 0 Å². The molecule has 180 valence electrons. The number of nitrogens with one attached hydrogen (secondary N) is 1. The molecule has 10 heteroatoms. The van der Waals surface area contributed by atoms with Crippen LogP contribution < -0.4 is 19.5 Å². The number of esters is 1. The van der Waals surface area contributed by atoms with E-state index >= 15 is 0 Å². The van der Waals surface area contributed by atoms with Gasteiger partial charge >= 0.3 is 5.97 Å². The molecular weight excluding hydrogens is 477 g/mol. The van der Waals surface area contributed by atoms with E-state index in [2.05, 4.69) is 20.0 Å². The van der Waals surface area contributed by atoms with Crippen LogP contribution in [-0.2, 0) is 4.74 Å². The van der Waals surface area contributed by atoms with Gasteiger partial charge in [-0.05, 0) is 48.5 Å². The van der Waals surface area contributed by atoms with Crippen LogP contribution in [0.3, 0.4) is 0 Å². The Morgan fingerprint density at radius 2 is 1.74 bits per heavy atom. The molecule has 3 aromatic carbocycles. The third-order valence-corrected chi connectivity index (χ3v) is 5.28. The van der Waals surface area contributed by atoms with Crippen LogP contribution >= 0.6 is 11.6 Å². The van der Waals surface area contributed by atoms with Crippen LogP contribution in [-0.4, -0.2) is 43.4 Å². The number of carbonyl (C=O) groups is 1. The minimum atomic E-state index is -0.508. The molecule has 0 saturated heterocycles. The highest BCUT2D eigenvalue weighted by Gasteiger charge is 2.13. The Morgan fingerprint density at radius 3 is 2.46 bits per heavy atom. The van der Waals surface area contributed by atoms with Crippen LogP contribution in [0.1, 0.15) is 10.4 Å². The molecule has 0 radical (unpaired) electrons. The lowest BCUT2D eigenvalue weighted by molar-refractivity contribution is 0.0600. The van der Waals surface area contributed by atoms with Crippen molar-refractivity contribution in [3.05, 3.63) is 77.3 Å². The van der Waals surface area contributed by atoms with Gasteiger partial charge in [-0.25, -0.2) is 19.2 Å². The number of halogens is 2. The number of benzene rings is 3. The first-order valence-electron chi connectivity index (χ1n) is 10.5. The van der Waals surface area contributed by atoms with Gasteiger partial charge in [0.2, 0.25) is 0 Å². The summed E-state index contributed by atoms with van der Waals surface area (Å²) in [5.41, 5.74) is 1.63. The standard InChI is InChI=1S/C25H21ClFN3O5/c1-32-22-13-21-18(24(29-14-28-21)30-16-5-8-20(27)19(26)11-16)12-23(22)35-10-9-34-17-6-3-15(4-7-17)25(31)33-2/h3-8,11-14H,9-10H2,1-2H3,(H,28,29,30). The van der Waals surface area contributed by atoms with Crippen molar-refractivity contribution in [2.24, 2.45) is 0 Å². The molecule has 4 rings (SSSR count). The third kappa shape index (κ3) is 5.70. The van der Waals surface area contributed by atoms with Gasteiger partial charge < -0.3 is 24.3 Å². The van der Waals surface area contributed by atoms with Gasteiger partial charge in [-0.1, -0.05) is 11.6 Å². The smallest absolute Gasteiger partial charge is 0.337 e. The van der Waals surface area contributed by atoms with E-state index in [1.54, 1.807) is 42.5 Å². The molecule has 1 N–H and O–H groups in total. The van der Waals surface area contributed by atoms with Crippen LogP contribution in [0.2, 0.25) is 5.02 Å². The van der Waals surface area contributed by atoms with Crippen molar-refractivity contribution in [3.8, 4) is 17.2 Å². The average Bonchev–Trinajstić information content (AvgIpc) is 2.88. The number of carbonyl (C=O) groups excluding carboxylic acids is 1. The predicted octanol–water partition coefficient (Wildman–Crippen LogP) is 5.42. The monoisotopic (exact) mass is 497 g/mol. The van der Waals surface area contributed by atoms with Crippen LogP contribution in [0.15, 0.2) is 60.9 Å². The van der Waals surface area contributed by atoms with Gasteiger partial charge in [0.15, 0.2) is 11.5 Å². The second-order valence-corrected chi connectivity index (χ2v) is 7.62. The summed E-state index contributed by atoms with van der Waals surface area (Å²) in [5, 5.41) is 3.80. The molecule has 35 heavy (non-hydrogen) atoms. The van der Waals surface area contributed by atoms with Gasteiger partial charge in [-0.15, -0.1) is 0 Å². The average molecular weight is 498 g/mol. The molecule has 1 aromatic heterocycles. The fourth-order valence-corrected chi connectivity index (χ4v) is 3.44. The summed E-state index contributed by atoms with van der Waals surface area (Å²) in [5.74, 6) is 1.13. The maximum atomic E-state index is 13.5. The zero-order valence-electron chi connectivity index (χ0n) is 18.9. The molecule has 0 unspecified atom stereocenters. The number of hydrogen-bond donors (Lipinski definition) is 1. The second kappa shape index (κ2) is 10.9. The van der Waals surface area contributed by atoms with Crippen molar-refractivity contribution < 1.29 is 28.1 Å². The Morgan fingerprint density at radius 1 is 0.971 bits per heavy atom. The second-order valence-electron chi connectivity index (χ2n) is 7.21. The number of methoxy groups -OCH3 is 2. The first kappa shape index (κ1) is 24.0. The lowest BCUT2D eigenvalue weighted by atomic mass is 10.2. The summed E-state index contributed by atoms with van der Waals surface area (Å²) in [6.45, 7) is 0.480. The van der Waals surface area contributed by atoms with Crippen molar-refractivity contribution in [2.45, 2.75) is 0 Å². The normalized spacial score (nSPS) is 10.6. The van der Waals surface area contributed by atoms with E-state index in [1.807, 2.05) is 0 Å². The molecule has 8 nitrogen and oxygen atoms in total. The number of fused-ring (bicyclic) bond motifs is 1. The molecule has 1 heterocycles. The fourth-order valence-electron chi connectivity index (χ4n) is 3.26. The summed E-state index contributed by atoms with van der Waals surface area (Å²) in [4.78, 5) is 20.1. The largest absolute Gasteiger partial charge is 0.493 e. The molecule has 0 aliphatic carbocycles. The Labute approximate surface area is 205 Å². The van der Waals surface area contributed by atoms with Crippen LogP contribution in [0, 0.1) is 5.82 Å². The maximum Gasteiger partial charge on any atom is 0.337 e. The minimum absolute atomic E-state index is 0.000936. The van der Waals surface area contributed by atoms with E-state index < -0.39 is 11.8 Å². The molecule has 0 amide bonds. The highest BCUT2D eigenvalue weighted by Crippen LogP contribution is 2.35. The number of anilines is 2. The molecule has 0 atom stereocenters. The first-order chi connectivity index (χ1) is 17.0. The summed E-state index contributed by atoms with van der Waals surface area (Å²) in [6.07, 6.45) is 1.41. The zero-order valence-corrected chi connectivity index (χ0v) is 19.6. The van der Waals surface area contributed by atoms with Gasteiger partial charge in [0, 0.05) is 17.1 Å². The summed E-state index contributed by atoms with van der Waals surface area (Å²) in [6, 6.07) is 14.4. The van der Waals surface area contributed by atoms with Gasteiger partial charge in [0.05, 0.1) is 30.3 Å². The zero-order chi connectivity index (χ0) is 24.8. The third-order valence-electron chi connectivity index (χ3n) is 4.99. The summed E-state index contributed by atoms with van der Waals surface area (Å²) in [7, 11) is 2.86. The Balaban J connectivity index is 1.47. The van der Waals surface area contributed by atoms with E-state index in [0.717, 1.165) is 0 Å². The molecule has 0 bridgehead atoms. The number of nitrogens with zero attached hydrogens (tertiary/aromatic N) is 2. The molecule has 0 saturated carbocycles. The molecule has 4 aromatic rings. The Bertz CT molecular complexity index is 1350. The molecule has 0 fully saturated rings. The Kier molecular flexibility index (Phi) is 7.47. The van der Waals surface area contributed by atoms with Crippen LogP contribution in [0.4, 0.5) is 15.9 Å². The summed E-state index contributed by atoms with van der Waals surface area (Å²) < 4.78 is 35.2. The number of hydrogen-bond acceptors (Lipinski definition) is 8. The topological polar surface area (TPSA) is 91.8 Å². The highest BCUT2D eigenvalue weighted by molar-refractivity contribution is 6.31. The summed E-state index contributed by atoms with van der Waals surface area (Å²) >= 11 is 5.89. The number of aromatic nitrogens is 2. The number of ether oxygens (including phenoxy) is 4. The van der Waals surface area contributed by atoms with E-state index in [-0.39, 0.29) is 18.2 Å². The van der Waals surface area contributed by atoms with E-state index in [4.69, 9.17) is 25.8 Å². The van der Waals surface area contributed by atoms with Crippen LogP contribution in [0.25, 0.3) is 10.9 Å². The van der Waals surface area contributed by atoms with Gasteiger partial charge in [-0.2, -0.15) is 0 Å². The van der Waals surface area contributed by atoms with Crippen molar-refractivity contribution in [1.82, 2.24) is 9.97 Å². The fraction of sp³-hybridized carbons (Fsp3) is 0.160. The molecule has 0 aliphatic heterocycles. The van der Waals surface area contributed by atoms with E-state index in [1.165, 1.54) is 32.7 Å². The van der Waals surface area contributed by atoms with E-state index in [0.29, 0.717) is 45.2 Å². The molecule has 0 spiro atoms. The van der Waals surface area contributed by atoms with Crippen molar-refractivity contribution in [1.29, 1.82) is 0 Å². The SMILES string of the molecule is COC(=O)c1ccc(OCCOc2cc3c(Nc4ccc(F)c(Cl)c4)ncnc3cc2OC)cc1.